The van der Waals surface area contributed by atoms with Crippen LogP contribution in [0.5, 0.6) is 0 Å². The van der Waals surface area contributed by atoms with Gasteiger partial charge in [-0.1, -0.05) is 13.8 Å². The zero-order valence-corrected chi connectivity index (χ0v) is 16.6. The molecular formula is C20H32N2O4. The molecule has 0 heterocycles. The Morgan fingerprint density at radius 2 is 1.54 bits per heavy atom. The van der Waals surface area contributed by atoms with E-state index < -0.39 is 11.9 Å². The third kappa shape index (κ3) is 7.97. The SMILES string of the molecule is CNCCCOC(=O)c1cc(C(=O)OCCCN(C)C)cc(C(C)C)c1. The number of esters is 2. The molecule has 1 aromatic rings. The van der Waals surface area contributed by atoms with E-state index in [0.717, 1.165) is 31.5 Å². The Morgan fingerprint density at radius 1 is 1.00 bits per heavy atom. The van der Waals surface area contributed by atoms with Crippen molar-refractivity contribution in [2.24, 2.45) is 0 Å². The molecule has 0 saturated carbocycles. The smallest absolute Gasteiger partial charge is 0.338 e. The summed E-state index contributed by atoms with van der Waals surface area (Å²) in [5, 5.41) is 3.01. The summed E-state index contributed by atoms with van der Waals surface area (Å²) in [7, 11) is 5.80. The monoisotopic (exact) mass is 364 g/mol. The third-order valence-electron chi connectivity index (χ3n) is 3.88. The van der Waals surface area contributed by atoms with Crippen LogP contribution in [0.4, 0.5) is 0 Å². The summed E-state index contributed by atoms with van der Waals surface area (Å²) in [6.45, 7) is 6.36. The highest BCUT2D eigenvalue weighted by Crippen LogP contribution is 2.20. The maximum Gasteiger partial charge on any atom is 0.338 e. The van der Waals surface area contributed by atoms with Gasteiger partial charge in [0.15, 0.2) is 0 Å². The van der Waals surface area contributed by atoms with Gasteiger partial charge in [-0.25, -0.2) is 9.59 Å². The van der Waals surface area contributed by atoms with E-state index in [9.17, 15) is 9.59 Å². The van der Waals surface area contributed by atoms with Crippen molar-refractivity contribution < 1.29 is 19.1 Å². The summed E-state index contributed by atoms with van der Waals surface area (Å²) in [5.41, 5.74) is 1.69. The van der Waals surface area contributed by atoms with Crippen LogP contribution in [0, 0.1) is 0 Å². The van der Waals surface area contributed by atoms with Gasteiger partial charge in [-0.15, -0.1) is 0 Å². The van der Waals surface area contributed by atoms with E-state index in [1.54, 1.807) is 18.2 Å². The van der Waals surface area contributed by atoms with E-state index in [0.29, 0.717) is 24.3 Å². The van der Waals surface area contributed by atoms with E-state index in [4.69, 9.17) is 9.47 Å². The van der Waals surface area contributed by atoms with Crippen molar-refractivity contribution in [3.05, 3.63) is 34.9 Å². The summed E-state index contributed by atoms with van der Waals surface area (Å²) in [5.74, 6) is -0.631. The first-order chi connectivity index (χ1) is 12.3. The molecular weight excluding hydrogens is 332 g/mol. The fraction of sp³-hybridized carbons (Fsp3) is 0.600. The molecule has 0 radical (unpaired) electrons. The minimum absolute atomic E-state index is 0.187. The molecule has 1 aromatic carbocycles. The molecule has 26 heavy (non-hydrogen) atoms. The van der Waals surface area contributed by atoms with Crippen LogP contribution in [0.25, 0.3) is 0 Å². The van der Waals surface area contributed by atoms with Crippen LogP contribution < -0.4 is 5.32 Å². The third-order valence-corrected chi connectivity index (χ3v) is 3.88. The molecule has 0 aliphatic heterocycles. The number of nitrogens with one attached hydrogen (secondary N) is 1. The second-order valence-electron chi connectivity index (χ2n) is 6.88. The van der Waals surface area contributed by atoms with Gasteiger partial charge in [0.1, 0.15) is 0 Å². The van der Waals surface area contributed by atoms with Crippen LogP contribution in [-0.4, -0.2) is 64.3 Å². The van der Waals surface area contributed by atoms with Crippen molar-refractivity contribution in [3.8, 4) is 0 Å². The Kier molecular flexibility index (Phi) is 9.91. The highest BCUT2D eigenvalue weighted by atomic mass is 16.5. The Morgan fingerprint density at radius 3 is 2.00 bits per heavy atom. The van der Waals surface area contributed by atoms with Crippen LogP contribution >= 0.6 is 0 Å². The molecule has 0 unspecified atom stereocenters. The molecule has 6 nitrogen and oxygen atoms in total. The fourth-order valence-corrected chi connectivity index (χ4v) is 2.35. The van der Waals surface area contributed by atoms with Crippen molar-refractivity contribution in [1.82, 2.24) is 10.2 Å². The lowest BCUT2D eigenvalue weighted by molar-refractivity contribution is 0.0492. The average Bonchev–Trinajstić information content (AvgIpc) is 2.61. The first-order valence-electron chi connectivity index (χ1n) is 9.13. The predicted octanol–water partition coefficient (Wildman–Crippen LogP) is 2.68. The van der Waals surface area contributed by atoms with Crippen LogP contribution in [0.1, 0.15) is 58.9 Å². The molecule has 0 fully saturated rings. The van der Waals surface area contributed by atoms with Gasteiger partial charge >= 0.3 is 11.9 Å². The highest BCUT2D eigenvalue weighted by molar-refractivity contribution is 5.95. The molecule has 0 aliphatic carbocycles. The van der Waals surface area contributed by atoms with E-state index in [-0.39, 0.29) is 5.92 Å². The fourth-order valence-electron chi connectivity index (χ4n) is 2.35. The number of carbonyl (C=O) groups is 2. The Hall–Kier alpha value is -1.92. The van der Waals surface area contributed by atoms with Crippen LogP contribution in [-0.2, 0) is 9.47 Å². The normalized spacial score (nSPS) is 11.0. The molecule has 0 saturated heterocycles. The van der Waals surface area contributed by atoms with Gasteiger partial charge in [0.2, 0.25) is 0 Å². The first kappa shape index (κ1) is 22.1. The number of benzene rings is 1. The summed E-state index contributed by atoms with van der Waals surface area (Å²) in [4.78, 5) is 26.7. The van der Waals surface area contributed by atoms with Gasteiger partial charge in [-0.05, 0) is 70.2 Å². The van der Waals surface area contributed by atoms with E-state index in [1.165, 1.54) is 0 Å². The van der Waals surface area contributed by atoms with Crippen LogP contribution in [0.2, 0.25) is 0 Å². The maximum absolute atomic E-state index is 12.3. The molecule has 146 valence electrons. The summed E-state index contributed by atoms with van der Waals surface area (Å²) >= 11 is 0. The van der Waals surface area contributed by atoms with Gasteiger partial charge in [-0.3, -0.25) is 0 Å². The Balaban J connectivity index is 2.79. The lowest BCUT2D eigenvalue weighted by atomic mass is 9.97. The van der Waals surface area contributed by atoms with Gasteiger partial charge in [0.05, 0.1) is 24.3 Å². The molecule has 0 bridgehead atoms. The van der Waals surface area contributed by atoms with E-state index in [2.05, 4.69) is 5.32 Å². The predicted molar refractivity (Wildman–Crippen MR) is 103 cm³/mol. The summed E-state index contributed by atoms with van der Waals surface area (Å²) in [6.07, 6.45) is 1.51. The summed E-state index contributed by atoms with van der Waals surface area (Å²) in [6, 6.07) is 5.13. The van der Waals surface area contributed by atoms with E-state index in [1.807, 2.05) is 39.9 Å². The summed E-state index contributed by atoms with van der Waals surface area (Å²) < 4.78 is 10.6. The van der Waals surface area contributed by atoms with Crippen molar-refractivity contribution in [2.75, 3.05) is 47.4 Å². The van der Waals surface area contributed by atoms with Crippen molar-refractivity contribution in [2.45, 2.75) is 32.6 Å². The minimum Gasteiger partial charge on any atom is -0.462 e. The zero-order chi connectivity index (χ0) is 19.5. The van der Waals surface area contributed by atoms with E-state index >= 15 is 0 Å². The zero-order valence-electron chi connectivity index (χ0n) is 16.6. The van der Waals surface area contributed by atoms with Gasteiger partial charge in [-0.2, -0.15) is 0 Å². The number of nitrogens with zero attached hydrogens (tertiary/aromatic N) is 1. The molecule has 0 aliphatic rings. The Bertz CT molecular complexity index is 585. The van der Waals surface area contributed by atoms with Crippen LogP contribution in [0.15, 0.2) is 18.2 Å². The molecule has 1 rings (SSSR count). The molecule has 6 heteroatoms. The molecule has 0 amide bonds. The average molecular weight is 364 g/mol. The quantitative estimate of drug-likeness (QED) is 0.481. The van der Waals surface area contributed by atoms with Crippen molar-refractivity contribution in [3.63, 3.8) is 0 Å². The highest BCUT2D eigenvalue weighted by Gasteiger charge is 2.16. The van der Waals surface area contributed by atoms with Crippen LogP contribution in [0.3, 0.4) is 0 Å². The largest absolute Gasteiger partial charge is 0.462 e. The topological polar surface area (TPSA) is 67.9 Å². The molecule has 0 aromatic heterocycles. The maximum atomic E-state index is 12.3. The number of carbonyl (C=O) groups excluding carboxylic acids is 2. The number of hydrogen-bond acceptors (Lipinski definition) is 6. The molecule has 1 N–H and O–H groups in total. The lowest BCUT2D eigenvalue weighted by Gasteiger charge is -2.13. The van der Waals surface area contributed by atoms with Gasteiger partial charge < -0.3 is 19.7 Å². The molecule has 0 atom stereocenters. The minimum atomic E-state index is -0.412. The molecule has 0 spiro atoms. The lowest BCUT2D eigenvalue weighted by Crippen LogP contribution is -2.17. The standard InChI is InChI=1S/C20H32N2O4/c1-15(2)16-12-17(19(23)25-10-6-8-21-3)14-18(13-16)20(24)26-11-7-9-22(4)5/h12-15,21H,6-11H2,1-5H3. The number of hydrogen-bond donors (Lipinski definition) is 1. The van der Waals surface area contributed by atoms with Gasteiger partial charge in [0, 0.05) is 6.54 Å². The number of rotatable bonds is 11. The second kappa shape index (κ2) is 11.6. The van der Waals surface area contributed by atoms with Crippen molar-refractivity contribution >= 4 is 11.9 Å². The second-order valence-corrected chi connectivity index (χ2v) is 6.88. The first-order valence-corrected chi connectivity index (χ1v) is 9.13. The van der Waals surface area contributed by atoms with Crippen molar-refractivity contribution in [1.29, 1.82) is 0 Å². The number of ether oxygens (including phenoxy) is 2. The van der Waals surface area contributed by atoms with Gasteiger partial charge in [0.25, 0.3) is 0 Å². The Labute approximate surface area is 156 Å².